The molecule has 1 atom stereocenters. The highest BCUT2D eigenvalue weighted by Gasteiger charge is 2.29. The van der Waals surface area contributed by atoms with Gasteiger partial charge in [-0.2, -0.15) is 0 Å². The van der Waals surface area contributed by atoms with Crippen LogP contribution in [0.3, 0.4) is 0 Å². The summed E-state index contributed by atoms with van der Waals surface area (Å²) in [5, 5.41) is 0.753. The lowest BCUT2D eigenvalue weighted by molar-refractivity contribution is -0.145. The van der Waals surface area contributed by atoms with Crippen molar-refractivity contribution in [1.82, 2.24) is 4.98 Å². The third-order valence-electron chi connectivity index (χ3n) is 3.48. The van der Waals surface area contributed by atoms with Gasteiger partial charge in [0, 0.05) is 6.42 Å². The molecular weight excluding hydrogens is 310 g/mol. The SMILES string of the molecule is O=C(C[C@@H]1CCS(=O)(=O)C1)OCc1nc2ccccc2s1. The summed E-state index contributed by atoms with van der Waals surface area (Å²) in [7, 11) is -2.94. The Hall–Kier alpha value is -1.47. The van der Waals surface area contributed by atoms with Gasteiger partial charge in [0.15, 0.2) is 9.84 Å². The third kappa shape index (κ3) is 3.59. The maximum Gasteiger partial charge on any atom is 0.306 e. The van der Waals surface area contributed by atoms with Crippen LogP contribution in [0.4, 0.5) is 0 Å². The van der Waals surface area contributed by atoms with Gasteiger partial charge in [-0.25, -0.2) is 13.4 Å². The van der Waals surface area contributed by atoms with Crippen molar-refractivity contribution in [3.8, 4) is 0 Å². The van der Waals surface area contributed by atoms with Gasteiger partial charge in [-0.15, -0.1) is 11.3 Å². The molecule has 1 fully saturated rings. The number of benzene rings is 1. The molecule has 2 heterocycles. The molecule has 1 aliphatic heterocycles. The van der Waals surface area contributed by atoms with Crippen LogP contribution in [0.2, 0.25) is 0 Å². The number of rotatable bonds is 4. The second-order valence-corrected chi connectivity index (χ2v) is 8.55. The zero-order valence-electron chi connectivity index (χ0n) is 11.3. The molecule has 1 saturated heterocycles. The molecule has 0 spiro atoms. The Morgan fingerprint density at radius 1 is 1.38 bits per heavy atom. The van der Waals surface area contributed by atoms with Crippen LogP contribution in [-0.2, 0) is 26.0 Å². The van der Waals surface area contributed by atoms with Crippen LogP contribution in [0.25, 0.3) is 10.2 Å². The smallest absolute Gasteiger partial charge is 0.306 e. The number of aromatic nitrogens is 1. The van der Waals surface area contributed by atoms with Gasteiger partial charge in [-0.3, -0.25) is 4.79 Å². The number of ether oxygens (including phenoxy) is 1. The van der Waals surface area contributed by atoms with Crippen molar-refractivity contribution >= 4 is 37.4 Å². The average Bonchev–Trinajstić information content (AvgIpc) is 2.99. The van der Waals surface area contributed by atoms with Crippen molar-refractivity contribution in [2.75, 3.05) is 11.5 Å². The van der Waals surface area contributed by atoms with Crippen molar-refractivity contribution in [1.29, 1.82) is 0 Å². The molecule has 0 amide bonds. The fourth-order valence-corrected chi connectivity index (χ4v) is 5.19. The Balaban J connectivity index is 1.54. The van der Waals surface area contributed by atoms with Crippen LogP contribution in [0.5, 0.6) is 0 Å². The Morgan fingerprint density at radius 3 is 2.90 bits per heavy atom. The maximum atomic E-state index is 11.8. The summed E-state index contributed by atoms with van der Waals surface area (Å²) in [5.74, 6) is -0.166. The molecule has 21 heavy (non-hydrogen) atoms. The number of esters is 1. The highest BCUT2D eigenvalue weighted by molar-refractivity contribution is 7.91. The van der Waals surface area contributed by atoms with Crippen LogP contribution in [0, 0.1) is 5.92 Å². The lowest BCUT2D eigenvalue weighted by atomic mass is 10.1. The third-order valence-corrected chi connectivity index (χ3v) is 6.32. The molecule has 0 aliphatic carbocycles. The molecular formula is C14H15NO4S2. The predicted octanol–water partition coefficient (Wildman–Crippen LogP) is 2.16. The summed E-state index contributed by atoms with van der Waals surface area (Å²) in [6.45, 7) is 0.150. The summed E-state index contributed by atoms with van der Waals surface area (Å²) in [4.78, 5) is 16.1. The van der Waals surface area contributed by atoms with Crippen molar-refractivity contribution in [3.63, 3.8) is 0 Å². The van der Waals surface area contributed by atoms with Gasteiger partial charge in [0.1, 0.15) is 11.6 Å². The van der Waals surface area contributed by atoms with Crippen LogP contribution < -0.4 is 0 Å². The zero-order chi connectivity index (χ0) is 14.9. The van der Waals surface area contributed by atoms with E-state index in [1.54, 1.807) is 0 Å². The normalized spacial score (nSPS) is 20.7. The van der Waals surface area contributed by atoms with Gasteiger partial charge in [-0.05, 0) is 24.5 Å². The topological polar surface area (TPSA) is 73.3 Å². The number of carbonyl (C=O) groups is 1. The van der Waals surface area contributed by atoms with Crippen LogP contribution in [0.15, 0.2) is 24.3 Å². The Labute approximate surface area is 126 Å². The molecule has 3 rings (SSSR count). The van der Waals surface area contributed by atoms with Gasteiger partial charge in [-0.1, -0.05) is 12.1 Å². The van der Waals surface area contributed by atoms with Crippen LogP contribution in [0.1, 0.15) is 17.8 Å². The molecule has 112 valence electrons. The fourth-order valence-electron chi connectivity index (χ4n) is 2.45. The van der Waals surface area contributed by atoms with Crippen LogP contribution in [-0.4, -0.2) is 30.9 Å². The standard InChI is InChI=1S/C14H15NO4S2/c16-14(7-10-5-6-21(17,18)9-10)19-8-13-15-11-3-1-2-4-12(11)20-13/h1-4,10H,5-9H2/t10-/m0/s1. The molecule has 0 bridgehead atoms. The second-order valence-electron chi connectivity index (χ2n) is 5.21. The van der Waals surface area contributed by atoms with E-state index in [4.69, 9.17) is 4.74 Å². The quantitative estimate of drug-likeness (QED) is 0.806. The van der Waals surface area contributed by atoms with E-state index >= 15 is 0 Å². The summed E-state index contributed by atoms with van der Waals surface area (Å²) in [6, 6.07) is 7.75. The molecule has 0 unspecified atom stereocenters. The number of carbonyl (C=O) groups excluding carboxylic acids is 1. The van der Waals surface area contributed by atoms with E-state index in [1.165, 1.54) is 11.3 Å². The van der Waals surface area contributed by atoms with Gasteiger partial charge in [0.25, 0.3) is 0 Å². The Bertz CT molecular complexity index is 733. The lowest BCUT2D eigenvalue weighted by Gasteiger charge is -2.06. The molecule has 1 aromatic carbocycles. The number of sulfone groups is 1. The predicted molar refractivity (Wildman–Crippen MR) is 80.8 cm³/mol. The molecule has 5 nitrogen and oxygen atoms in total. The summed E-state index contributed by atoms with van der Waals surface area (Å²) < 4.78 is 28.9. The van der Waals surface area contributed by atoms with Crippen molar-refractivity contribution in [2.24, 2.45) is 5.92 Å². The van der Waals surface area contributed by atoms with E-state index in [0.717, 1.165) is 15.2 Å². The Morgan fingerprint density at radius 2 is 2.19 bits per heavy atom. The number of para-hydroxylation sites is 1. The number of nitrogens with zero attached hydrogens (tertiary/aromatic N) is 1. The number of fused-ring (bicyclic) bond motifs is 1. The molecule has 1 aromatic heterocycles. The highest BCUT2D eigenvalue weighted by Crippen LogP contribution is 2.24. The average molecular weight is 325 g/mol. The first kappa shape index (κ1) is 14.5. The first-order valence-corrected chi connectivity index (χ1v) is 9.36. The monoisotopic (exact) mass is 325 g/mol. The van der Waals surface area contributed by atoms with E-state index in [1.807, 2.05) is 24.3 Å². The molecule has 1 aliphatic rings. The maximum absolute atomic E-state index is 11.8. The van der Waals surface area contributed by atoms with E-state index in [9.17, 15) is 13.2 Å². The molecule has 7 heteroatoms. The number of thiazole rings is 1. The van der Waals surface area contributed by atoms with Gasteiger partial charge >= 0.3 is 5.97 Å². The van der Waals surface area contributed by atoms with Crippen molar-refractivity contribution in [3.05, 3.63) is 29.3 Å². The lowest BCUT2D eigenvalue weighted by Crippen LogP contribution is -2.13. The summed E-state index contributed by atoms with van der Waals surface area (Å²) in [6.07, 6.45) is 0.725. The molecule has 2 aromatic rings. The minimum atomic E-state index is -2.94. The minimum Gasteiger partial charge on any atom is -0.458 e. The van der Waals surface area contributed by atoms with Crippen LogP contribution >= 0.6 is 11.3 Å². The first-order chi connectivity index (χ1) is 10.0. The highest BCUT2D eigenvalue weighted by atomic mass is 32.2. The van der Waals surface area contributed by atoms with Gasteiger partial charge < -0.3 is 4.74 Å². The molecule has 0 radical (unpaired) electrons. The van der Waals surface area contributed by atoms with Crippen molar-refractivity contribution < 1.29 is 17.9 Å². The minimum absolute atomic E-state index is 0.0992. The van der Waals surface area contributed by atoms with E-state index in [0.29, 0.717) is 6.42 Å². The molecule has 0 saturated carbocycles. The van der Waals surface area contributed by atoms with E-state index < -0.39 is 9.84 Å². The number of hydrogen-bond donors (Lipinski definition) is 0. The van der Waals surface area contributed by atoms with E-state index in [2.05, 4.69) is 4.98 Å². The Kier molecular flexibility index (Phi) is 3.95. The van der Waals surface area contributed by atoms with Crippen molar-refractivity contribution in [2.45, 2.75) is 19.4 Å². The summed E-state index contributed by atoms with van der Waals surface area (Å²) in [5.41, 5.74) is 0.899. The number of hydrogen-bond acceptors (Lipinski definition) is 6. The van der Waals surface area contributed by atoms with Gasteiger partial charge in [0.05, 0.1) is 21.7 Å². The zero-order valence-corrected chi connectivity index (χ0v) is 13.0. The fraction of sp³-hybridized carbons (Fsp3) is 0.429. The molecule has 0 N–H and O–H groups in total. The van der Waals surface area contributed by atoms with Gasteiger partial charge in [0.2, 0.25) is 0 Å². The largest absolute Gasteiger partial charge is 0.458 e. The van der Waals surface area contributed by atoms with E-state index in [-0.39, 0.29) is 36.4 Å². The first-order valence-electron chi connectivity index (χ1n) is 6.72. The second kappa shape index (κ2) is 5.73. The summed E-state index contributed by atoms with van der Waals surface area (Å²) >= 11 is 1.50.